The first-order valence-electron chi connectivity index (χ1n) is 6.42. The number of nitrogens with one attached hydrogen (secondary N) is 1. The van der Waals surface area contributed by atoms with E-state index in [0.29, 0.717) is 6.61 Å². The lowest BCUT2D eigenvalue weighted by Gasteiger charge is -2.10. The zero-order valence-corrected chi connectivity index (χ0v) is 10.7. The van der Waals surface area contributed by atoms with Gasteiger partial charge in [-0.05, 0) is 36.2 Å². The Balaban J connectivity index is 2.05. The molecule has 1 heterocycles. The van der Waals surface area contributed by atoms with Gasteiger partial charge >= 0.3 is 0 Å². The van der Waals surface area contributed by atoms with Crippen LogP contribution in [-0.2, 0) is 4.79 Å². The number of amides is 1. The van der Waals surface area contributed by atoms with Crippen LogP contribution in [0.1, 0.15) is 24.0 Å². The lowest BCUT2D eigenvalue weighted by molar-refractivity contribution is -0.116. The van der Waals surface area contributed by atoms with E-state index in [1.807, 2.05) is 55.5 Å². The van der Waals surface area contributed by atoms with Crippen molar-refractivity contribution in [2.45, 2.75) is 12.8 Å². The number of carbonyl (C=O) groups is 1. The van der Waals surface area contributed by atoms with Gasteiger partial charge in [-0.1, -0.05) is 30.3 Å². The monoisotopic (exact) mass is 253 g/mol. The first-order chi connectivity index (χ1) is 9.29. The summed E-state index contributed by atoms with van der Waals surface area (Å²) in [7, 11) is 0. The van der Waals surface area contributed by atoms with E-state index in [2.05, 4.69) is 5.32 Å². The maximum atomic E-state index is 12.1. The van der Waals surface area contributed by atoms with Crippen molar-refractivity contribution < 1.29 is 9.53 Å². The molecule has 3 heteroatoms. The molecule has 0 fully saturated rings. The fraction of sp³-hybridized carbons (Fsp3) is 0.188. The summed E-state index contributed by atoms with van der Waals surface area (Å²) < 4.78 is 5.51. The molecule has 0 saturated carbocycles. The summed E-state index contributed by atoms with van der Waals surface area (Å²) in [6.45, 7) is 2.57. The highest BCUT2D eigenvalue weighted by Crippen LogP contribution is 2.38. The molecule has 0 aromatic heterocycles. The molecule has 1 aliphatic heterocycles. The highest BCUT2D eigenvalue weighted by molar-refractivity contribution is 6.05. The van der Waals surface area contributed by atoms with Crippen molar-refractivity contribution in [2.24, 2.45) is 0 Å². The summed E-state index contributed by atoms with van der Waals surface area (Å²) in [4.78, 5) is 12.1. The number of benzene rings is 2. The minimum absolute atomic E-state index is 0.0230. The van der Waals surface area contributed by atoms with Crippen LogP contribution in [0.2, 0.25) is 0 Å². The number of hydrogen-bond donors (Lipinski definition) is 1. The number of anilines is 1. The Morgan fingerprint density at radius 3 is 2.68 bits per heavy atom. The zero-order chi connectivity index (χ0) is 13.2. The van der Waals surface area contributed by atoms with Gasteiger partial charge in [0.2, 0.25) is 5.91 Å². The molecule has 2 aromatic carbocycles. The SMILES string of the molecule is CCOc1ccc2c(c1)C(c1ccccc1)C(=O)N2. The number of ether oxygens (including phenoxy) is 1. The van der Waals surface area contributed by atoms with Gasteiger partial charge in [0.25, 0.3) is 0 Å². The van der Waals surface area contributed by atoms with Crippen LogP contribution in [0.4, 0.5) is 5.69 Å². The van der Waals surface area contributed by atoms with Crippen LogP contribution >= 0.6 is 0 Å². The lowest BCUT2D eigenvalue weighted by atomic mass is 9.92. The first kappa shape index (κ1) is 11.8. The standard InChI is InChI=1S/C16H15NO2/c1-2-19-12-8-9-14-13(10-12)15(16(18)17-14)11-6-4-3-5-7-11/h3-10,15H,2H2,1H3,(H,17,18). The molecule has 3 rings (SSSR count). The van der Waals surface area contributed by atoms with Crippen LogP contribution in [0.3, 0.4) is 0 Å². The normalized spacial score (nSPS) is 16.9. The summed E-state index contributed by atoms with van der Waals surface area (Å²) in [5, 5.41) is 2.92. The van der Waals surface area contributed by atoms with Crippen molar-refractivity contribution in [1.82, 2.24) is 0 Å². The van der Waals surface area contributed by atoms with Crippen molar-refractivity contribution in [3.8, 4) is 5.75 Å². The third kappa shape index (κ3) is 2.08. The highest BCUT2D eigenvalue weighted by atomic mass is 16.5. The second kappa shape index (κ2) is 4.76. The summed E-state index contributed by atoms with van der Waals surface area (Å²) in [5.74, 6) is 0.588. The van der Waals surface area contributed by atoms with Gasteiger partial charge in [-0.2, -0.15) is 0 Å². The fourth-order valence-electron chi connectivity index (χ4n) is 2.47. The Hall–Kier alpha value is -2.29. The molecule has 0 aliphatic carbocycles. The first-order valence-corrected chi connectivity index (χ1v) is 6.42. The van der Waals surface area contributed by atoms with E-state index in [1.54, 1.807) is 0 Å². The largest absolute Gasteiger partial charge is 0.494 e. The average molecular weight is 253 g/mol. The third-order valence-electron chi connectivity index (χ3n) is 3.30. The third-order valence-corrected chi connectivity index (χ3v) is 3.30. The van der Waals surface area contributed by atoms with Crippen molar-refractivity contribution >= 4 is 11.6 Å². The van der Waals surface area contributed by atoms with Gasteiger partial charge in [0.15, 0.2) is 0 Å². The van der Waals surface area contributed by atoms with Crippen molar-refractivity contribution in [3.05, 3.63) is 59.7 Å². The minimum atomic E-state index is -0.239. The maximum absolute atomic E-state index is 12.1. The number of rotatable bonds is 3. The second-order valence-electron chi connectivity index (χ2n) is 4.52. The van der Waals surface area contributed by atoms with Gasteiger partial charge in [0, 0.05) is 5.69 Å². The van der Waals surface area contributed by atoms with Crippen LogP contribution in [0, 0.1) is 0 Å². The Morgan fingerprint density at radius 2 is 1.95 bits per heavy atom. The van der Waals surface area contributed by atoms with Crippen LogP contribution < -0.4 is 10.1 Å². The average Bonchev–Trinajstić information content (AvgIpc) is 2.75. The Bertz CT molecular complexity index is 607. The molecule has 0 saturated heterocycles. The van der Waals surface area contributed by atoms with Crippen LogP contribution in [0.25, 0.3) is 0 Å². The van der Waals surface area contributed by atoms with Gasteiger partial charge in [-0.3, -0.25) is 4.79 Å². The molecule has 1 atom stereocenters. The predicted octanol–water partition coefficient (Wildman–Crippen LogP) is 3.17. The van der Waals surface area contributed by atoms with E-state index >= 15 is 0 Å². The van der Waals surface area contributed by atoms with Crippen molar-refractivity contribution in [2.75, 3.05) is 11.9 Å². The molecule has 1 N–H and O–H groups in total. The Kier molecular flexibility index (Phi) is 2.95. The van der Waals surface area contributed by atoms with E-state index < -0.39 is 0 Å². The predicted molar refractivity (Wildman–Crippen MR) is 74.5 cm³/mol. The second-order valence-corrected chi connectivity index (χ2v) is 4.52. The van der Waals surface area contributed by atoms with E-state index in [1.165, 1.54) is 0 Å². The molecule has 3 nitrogen and oxygen atoms in total. The number of carbonyl (C=O) groups excluding carboxylic acids is 1. The molecule has 96 valence electrons. The van der Waals surface area contributed by atoms with Gasteiger partial charge in [0.1, 0.15) is 5.75 Å². The van der Waals surface area contributed by atoms with E-state index in [0.717, 1.165) is 22.6 Å². The Morgan fingerprint density at radius 1 is 1.16 bits per heavy atom. The topological polar surface area (TPSA) is 38.3 Å². The fourth-order valence-corrected chi connectivity index (χ4v) is 2.47. The van der Waals surface area contributed by atoms with Crippen molar-refractivity contribution in [3.63, 3.8) is 0 Å². The van der Waals surface area contributed by atoms with Gasteiger partial charge in [-0.15, -0.1) is 0 Å². The summed E-state index contributed by atoms with van der Waals surface area (Å²) in [6.07, 6.45) is 0. The minimum Gasteiger partial charge on any atom is -0.494 e. The molecule has 1 aliphatic rings. The molecule has 1 amide bonds. The zero-order valence-electron chi connectivity index (χ0n) is 10.7. The maximum Gasteiger partial charge on any atom is 0.236 e. The van der Waals surface area contributed by atoms with E-state index in [-0.39, 0.29) is 11.8 Å². The van der Waals surface area contributed by atoms with Crippen LogP contribution in [-0.4, -0.2) is 12.5 Å². The van der Waals surface area contributed by atoms with Crippen LogP contribution in [0.15, 0.2) is 48.5 Å². The molecular formula is C16H15NO2. The summed E-state index contributed by atoms with van der Waals surface area (Å²) in [5.41, 5.74) is 2.87. The lowest BCUT2D eigenvalue weighted by Crippen LogP contribution is -2.12. The van der Waals surface area contributed by atoms with E-state index in [9.17, 15) is 4.79 Å². The van der Waals surface area contributed by atoms with E-state index in [4.69, 9.17) is 4.74 Å². The number of fused-ring (bicyclic) bond motifs is 1. The molecular weight excluding hydrogens is 238 g/mol. The molecule has 19 heavy (non-hydrogen) atoms. The smallest absolute Gasteiger partial charge is 0.236 e. The molecule has 2 aromatic rings. The summed E-state index contributed by atoms with van der Waals surface area (Å²) in [6, 6.07) is 15.6. The van der Waals surface area contributed by atoms with Gasteiger partial charge < -0.3 is 10.1 Å². The van der Waals surface area contributed by atoms with Gasteiger partial charge in [-0.25, -0.2) is 0 Å². The summed E-state index contributed by atoms with van der Waals surface area (Å²) >= 11 is 0. The molecule has 0 bridgehead atoms. The number of hydrogen-bond acceptors (Lipinski definition) is 2. The highest BCUT2D eigenvalue weighted by Gasteiger charge is 2.32. The van der Waals surface area contributed by atoms with Gasteiger partial charge in [0.05, 0.1) is 12.5 Å². The quantitative estimate of drug-likeness (QED) is 0.912. The van der Waals surface area contributed by atoms with Crippen LogP contribution in [0.5, 0.6) is 5.75 Å². The molecule has 0 radical (unpaired) electrons. The Labute approximate surface area is 112 Å². The molecule has 1 unspecified atom stereocenters. The molecule has 0 spiro atoms. The van der Waals surface area contributed by atoms with Crippen molar-refractivity contribution in [1.29, 1.82) is 0 Å².